The molecular formula is C37H60O3. The molecule has 0 saturated carbocycles. The van der Waals surface area contributed by atoms with Crippen molar-refractivity contribution in [2.75, 3.05) is 0 Å². The second-order valence-electron chi connectivity index (χ2n) is 13.6. The molecule has 0 unspecified atom stereocenters. The van der Waals surface area contributed by atoms with E-state index in [1.807, 2.05) is 0 Å². The number of hydrogen-bond donors (Lipinski definition) is 2. The first-order valence-electron chi connectivity index (χ1n) is 16.0. The van der Waals surface area contributed by atoms with Gasteiger partial charge in [0.25, 0.3) is 0 Å². The van der Waals surface area contributed by atoms with Crippen molar-refractivity contribution in [2.24, 2.45) is 0 Å². The summed E-state index contributed by atoms with van der Waals surface area (Å²) in [5.74, 6) is -0.375. The van der Waals surface area contributed by atoms with Crippen LogP contribution in [-0.2, 0) is 17.3 Å². The first-order valence-corrected chi connectivity index (χ1v) is 16.0. The molecule has 0 aliphatic heterocycles. The van der Waals surface area contributed by atoms with Gasteiger partial charge in [0.15, 0.2) is 0 Å². The van der Waals surface area contributed by atoms with Gasteiger partial charge in [0.1, 0.15) is 5.75 Å². The Balaban J connectivity index is 0.000000747. The number of aromatic hydroxyl groups is 1. The zero-order valence-corrected chi connectivity index (χ0v) is 27.0. The SMILES string of the molecule is CCCCCCCCCCCCCCCCc1cc(C(C)(C)C)c(O)c(C(C)(C)C)c1.O=C(O)c1ccccc1. The predicted molar refractivity (Wildman–Crippen MR) is 173 cm³/mol. The van der Waals surface area contributed by atoms with E-state index >= 15 is 0 Å². The number of rotatable bonds is 16. The van der Waals surface area contributed by atoms with Crippen molar-refractivity contribution in [3.8, 4) is 5.75 Å². The molecule has 40 heavy (non-hydrogen) atoms. The largest absolute Gasteiger partial charge is 0.507 e. The van der Waals surface area contributed by atoms with E-state index in [1.165, 1.54) is 95.5 Å². The van der Waals surface area contributed by atoms with E-state index in [-0.39, 0.29) is 10.8 Å². The maximum atomic E-state index is 10.9. The van der Waals surface area contributed by atoms with Crippen molar-refractivity contribution in [1.29, 1.82) is 0 Å². The Labute approximate surface area is 246 Å². The molecule has 0 fully saturated rings. The molecule has 0 radical (unpaired) electrons. The van der Waals surface area contributed by atoms with Gasteiger partial charge < -0.3 is 10.2 Å². The zero-order chi connectivity index (χ0) is 30.0. The maximum absolute atomic E-state index is 10.9. The molecule has 0 amide bonds. The van der Waals surface area contributed by atoms with Gasteiger partial charge in [0.2, 0.25) is 0 Å². The molecule has 0 saturated heterocycles. The third-order valence-corrected chi connectivity index (χ3v) is 7.63. The van der Waals surface area contributed by atoms with Gasteiger partial charge in [0, 0.05) is 0 Å². The van der Waals surface area contributed by atoms with Crippen LogP contribution < -0.4 is 0 Å². The van der Waals surface area contributed by atoms with Crippen molar-refractivity contribution >= 4 is 5.97 Å². The molecule has 0 aromatic heterocycles. The Hall–Kier alpha value is -2.29. The Morgan fingerprint density at radius 1 is 0.625 bits per heavy atom. The fraction of sp³-hybridized carbons (Fsp3) is 0.649. The summed E-state index contributed by atoms with van der Waals surface area (Å²) in [7, 11) is 0. The summed E-state index contributed by atoms with van der Waals surface area (Å²) >= 11 is 0. The van der Waals surface area contributed by atoms with Crippen LogP contribution >= 0.6 is 0 Å². The number of carboxylic acid groups (broad SMARTS) is 1. The van der Waals surface area contributed by atoms with Crippen molar-refractivity contribution in [2.45, 2.75) is 156 Å². The molecule has 226 valence electrons. The van der Waals surface area contributed by atoms with Crippen LogP contribution in [-0.4, -0.2) is 16.2 Å². The van der Waals surface area contributed by atoms with Crippen LogP contribution in [0.25, 0.3) is 0 Å². The Bertz CT molecular complexity index is 913. The molecule has 0 heterocycles. The minimum atomic E-state index is -0.879. The first kappa shape index (κ1) is 35.7. The molecule has 0 atom stereocenters. The minimum absolute atomic E-state index is 0.0321. The first-order chi connectivity index (χ1) is 18.9. The molecule has 0 aliphatic carbocycles. The van der Waals surface area contributed by atoms with Crippen LogP contribution in [0.3, 0.4) is 0 Å². The number of hydrogen-bond acceptors (Lipinski definition) is 2. The molecule has 0 aliphatic rings. The van der Waals surface area contributed by atoms with E-state index in [1.54, 1.807) is 30.3 Å². The van der Waals surface area contributed by atoms with Gasteiger partial charge >= 0.3 is 5.97 Å². The van der Waals surface area contributed by atoms with Gasteiger partial charge in [-0.1, -0.05) is 162 Å². The van der Waals surface area contributed by atoms with Crippen LogP contribution in [0, 0.1) is 0 Å². The number of phenolic OH excluding ortho intramolecular Hbond substituents is 1. The van der Waals surface area contributed by atoms with Crippen molar-refractivity contribution in [1.82, 2.24) is 0 Å². The number of phenols is 1. The second kappa shape index (κ2) is 18.9. The highest BCUT2D eigenvalue weighted by Gasteiger charge is 2.26. The molecule has 0 spiro atoms. The Morgan fingerprint density at radius 2 is 1.00 bits per heavy atom. The van der Waals surface area contributed by atoms with Gasteiger partial charge in [-0.25, -0.2) is 4.79 Å². The van der Waals surface area contributed by atoms with Crippen LogP contribution in [0.2, 0.25) is 0 Å². The lowest BCUT2D eigenvalue weighted by atomic mass is 9.78. The molecule has 0 bridgehead atoms. The normalized spacial score (nSPS) is 11.7. The number of aryl methyl sites for hydroxylation is 1. The van der Waals surface area contributed by atoms with E-state index < -0.39 is 5.97 Å². The number of carbonyl (C=O) groups is 1. The molecule has 3 nitrogen and oxygen atoms in total. The van der Waals surface area contributed by atoms with Gasteiger partial charge in [-0.05, 0) is 52.5 Å². The fourth-order valence-corrected chi connectivity index (χ4v) is 5.09. The molecule has 2 rings (SSSR count). The number of carboxylic acids is 1. The Morgan fingerprint density at radius 3 is 1.32 bits per heavy atom. The molecule has 2 N–H and O–H groups in total. The highest BCUT2D eigenvalue weighted by Crippen LogP contribution is 2.40. The zero-order valence-electron chi connectivity index (χ0n) is 27.0. The van der Waals surface area contributed by atoms with Gasteiger partial charge in [-0.2, -0.15) is 0 Å². The van der Waals surface area contributed by atoms with Crippen LogP contribution in [0.5, 0.6) is 5.75 Å². The van der Waals surface area contributed by atoms with E-state index in [0.29, 0.717) is 11.3 Å². The third kappa shape index (κ3) is 14.9. The molecule has 2 aromatic rings. The van der Waals surface area contributed by atoms with Crippen molar-refractivity contribution in [3.05, 3.63) is 64.7 Å². The lowest BCUT2D eigenvalue weighted by Gasteiger charge is -2.28. The summed E-state index contributed by atoms with van der Waals surface area (Å²) in [5.41, 5.74) is 3.86. The van der Waals surface area contributed by atoms with Crippen LogP contribution in [0.15, 0.2) is 42.5 Å². The van der Waals surface area contributed by atoms with E-state index in [4.69, 9.17) is 5.11 Å². The topological polar surface area (TPSA) is 57.5 Å². The predicted octanol–water partition coefficient (Wildman–Crippen LogP) is 11.4. The van der Waals surface area contributed by atoms with Gasteiger partial charge in [-0.15, -0.1) is 0 Å². The third-order valence-electron chi connectivity index (χ3n) is 7.63. The monoisotopic (exact) mass is 552 g/mol. The van der Waals surface area contributed by atoms with Crippen molar-refractivity contribution < 1.29 is 15.0 Å². The number of aromatic carboxylic acids is 1. The van der Waals surface area contributed by atoms with Crippen LogP contribution in [0.1, 0.15) is 165 Å². The molecule has 2 aromatic carbocycles. The van der Waals surface area contributed by atoms with E-state index in [9.17, 15) is 9.90 Å². The Kier molecular flexibility index (Phi) is 16.9. The molecule has 3 heteroatoms. The fourth-order valence-electron chi connectivity index (χ4n) is 5.09. The lowest BCUT2D eigenvalue weighted by molar-refractivity contribution is 0.0697. The highest BCUT2D eigenvalue weighted by atomic mass is 16.4. The maximum Gasteiger partial charge on any atom is 0.335 e. The van der Waals surface area contributed by atoms with Gasteiger partial charge in [0.05, 0.1) is 5.56 Å². The highest BCUT2D eigenvalue weighted by molar-refractivity contribution is 5.87. The summed E-state index contributed by atoms with van der Waals surface area (Å²) < 4.78 is 0. The summed E-state index contributed by atoms with van der Waals surface area (Å²) in [6, 6.07) is 12.8. The summed E-state index contributed by atoms with van der Waals surface area (Å²) in [4.78, 5) is 10.2. The lowest BCUT2D eigenvalue weighted by Crippen LogP contribution is -2.18. The number of unbranched alkanes of at least 4 members (excludes halogenated alkanes) is 13. The number of benzene rings is 2. The quantitative estimate of drug-likeness (QED) is 0.204. The summed E-state index contributed by atoms with van der Waals surface area (Å²) in [6.07, 6.45) is 20.8. The minimum Gasteiger partial charge on any atom is -0.507 e. The average Bonchev–Trinajstić information content (AvgIpc) is 2.89. The standard InChI is InChI=1S/C30H54O.C7H6O2/c1-8-9-10-11-12-13-14-15-16-17-18-19-20-21-22-25-23-26(29(2,3)4)28(31)27(24-25)30(5,6)7;8-7(9)6-4-2-1-3-5-6/h23-24,31H,8-22H2,1-7H3;1-5H,(H,8,9). The van der Waals surface area contributed by atoms with E-state index in [2.05, 4.69) is 60.6 Å². The average molecular weight is 553 g/mol. The second-order valence-corrected chi connectivity index (χ2v) is 13.6. The smallest absolute Gasteiger partial charge is 0.335 e. The summed E-state index contributed by atoms with van der Waals surface area (Å²) in [6.45, 7) is 15.5. The molecular weight excluding hydrogens is 492 g/mol. The van der Waals surface area contributed by atoms with Crippen molar-refractivity contribution in [3.63, 3.8) is 0 Å². The van der Waals surface area contributed by atoms with E-state index in [0.717, 1.165) is 17.5 Å². The summed E-state index contributed by atoms with van der Waals surface area (Å²) in [5, 5.41) is 19.3. The van der Waals surface area contributed by atoms with Crippen LogP contribution in [0.4, 0.5) is 0 Å². The van der Waals surface area contributed by atoms with Gasteiger partial charge in [-0.3, -0.25) is 0 Å².